The van der Waals surface area contributed by atoms with Gasteiger partial charge in [0.15, 0.2) is 5.96 Å². The van der Waals surface area contributed by atoms with E-state index in [-0.39, 0.29) is 6.54 Å². The van der Waals surface area contributed by atoms with E-state index in [0.29, 0.717) is 23.3 Å². The minimum Gasteiger partial charge on any atom is -0.357 e. The summed E-state index contributed by atoms with van der Waals surface area (Å²) in [4.78, 5) is 5.83. The third kappa shape index (κ3) is 6.84. The topological polar surface area (TPSA) is 82.6 Å². The van der Waals surface area contributed by atoms with E-state index in [1.807, 2.05) is 6.92 Å². The summed E-state index contributed by atoms with van der Waals surface area (Å²) in [6.07, 6.45) is 2.06. The average Bonchev–Trinajstić information content (AvgIpc) is 3.19. The van der Waals surface area contributed by atoms with Gasteiger partial charge in [0.1, 0.15) is 4.21 Å². The lowest BCUT2D eigenvalue weighted by Crippen LogP contribution is -2.41. The van der Waals surface area contributed by atoms with Crippen molar-refractivity contribution in [3.8, 4) is 0 Å². The van der Waals surface area contributed by atoms with Crippen LogP contribution in [0.4, 0.5) is 0 Å². The summed E-state index contributed by atoms with van der Waals surface area (Å²) in [6.45, 7) is 6.10. The van der Waals surface area contributed by atoms with E-state index in [2.05, 4.69) is 51.7 Å². The number of nitrogens with zero attached hydrogens (tertiary/aromatic N) is 1. The molecule has 6 nitrogen and oxygen atoms in total. The number of thiophene rings is 1. The zero-order valence-corrected chi connectivity index (χ0v) is 18.2. The number of aryl methyl sites for hydroxylation is 1. The van der Waals surface area contributed by atoms with Gasteiger partial charge in [0.2, 0.25) is 10.0 Å². The molecule has 0 spiro atoms. The Balaban J connectivity index is 1.90. The Bertz CT molecular complexity index is 849. The Hall–Kier alpha value is -1.55. The zero-order chi connectivity index (χ0) is 19.7. The van der Waals surface area contributed by atoms with Gasteiger partial charge in [-0.3, -0.25) is 0 Å². The predicted octanol–water partition coefficient (Wildman–Crippen LogP) is 2.81. The van der Waals surface area contributed by atoms with Crippen LogP contribution < -0.4 is 15.4 Å². The van der Waals surface area contributed by atoms with Crippen molar-refractivity contribution < 1.29 is 8.42 Å². The maximum Gasteiger partial charge on any atom is 0.250 e. The van der Waals surface area contributed by atoms with E-state index in [0.717, 1.165) is 6.54 Å². The SMILES string of the molecule is CCNC(=NCc1ccc(C)cc1SC)NCCNS(=O)(=O)c1cccs1. The molecule has 0 unspecified atom stereocenters. The summed E-state index contributed by atoms with van der Waals surface area (Å²) >= 11 is 2.92. The van der Waals surface area contributed by atoms with E-state index in [4.69, 9.17) is 0 Å². The Morgan fingerprint density at radius 2 is 2.04 bits per heavy atom. The molecule has 0 aliphatic carbocycles. The largest absolute Gasteiger partial charge is 0.357 e. The van der Waals surface area contributed by atoms with E-state index in [9.17, 15) is 8.42 Å². The standard InChI is InChI=1S/C18H26N4O2S3/c1-4-19-18(21-13-15-8-7-14(2)12-16(15)25-3)20-9-10-22-27(23,24)17-6-5-11-26-17/h5-8,11-12,22H,4,9-10,13H2,1-3H3,(H2,19,20,21). The molecule has 9 heteroatoms. The van der Waals surface area contributed by atoms with Crippen molar-refractivity contribution in [2.45, 2.75) is 29.5 Å². The lowest BCUT2D eigenvalue weighted by molar-refractivity contribution is 0.582. The normalized spacial score (nSPS) is 12.2. The molecule has 148 valence electrons. The summed E-state index contributed by atoms with van der Waals surface area (Å²) in [6, 6.07) is 9.67. The maximum absolute atomic E-state index is 12.1. The van der Waals surface area contributed by atoms with Gasteiger partial charge in [0, 0.05) is 24.5 Å². The van der Waals surface area contributed by atoms with Crippen molar-refractivity contribution in [2.75, 3.05) is 25.9 Å². The lowest BCUT2D eigenvalue weighted by atomic mass is 10.1. The monoisotopic (exact) mass is 426 g/mol. The number of benzene rings is 1. The van der Waals surface area contributed by atoms with Crippen molar-refractivity contribution in [3.05, 3.63) is 46.8 Å². The fourth-order valence-electron chi connectivity index (χ4n) is 2.34. The Morgan fingerprint density at radius 1 is 1.22 bits per heavy atom. The third-order valence-corrected chi connectivity index (χ3v) is 7.34. The predicted molar refractivity (Wildman–Crippen MR) is 115 cm³/mol. The highest BCUT2D eigenvalue weighted by molar-refractivity contribution is 7.98. The van der Waals surface area contributed by atoms with Crippen molar-refractivity contribution >= 4 is 39.1 Å². The van der Waals surface area contributed by atoms with Crippen LogP contribution in [0.2, 0.25) is 0 Å². The first-order valence-electron chi connectivity index (χ1n) is 8.65. The molecule has 2 rings (SSSR count). The molecule has 1 aromatic carbocycles. The highest BCUT2D eigenvalue weighted by Gasteiger charge is 2.13. The van der Waals surface area contributed by atoms with Gasteiger partial charge in [-0.05, 0) is 48.7 Å². The Kier molecular flexibility index (Phi) is 8.62. The van der Waals surface area contributed by atoms with Gasteiger partial charge in [-0.15, -0.1) is 23.1 Å². The molecule has 0 aliphatic rings. The number of hydrogen-bond acceptors (Lipinski definition) is 5. The average molecular weight is 427 g/mol. The molecular weight excluding hydrogens is 400 g/mol. The van der Waals surface area contributed by atoms with Crippen molar-refractivity contribution in [1.82, 2.24) is 15.4 Å². The van der Waals surface area contributed by atoms with Gasteiger partial charge >= 0.3 is 0 Å². The molecule has 0 bridgehead atoms. The molecule has 2 aromatic rings. The summed E-state index contributed by atoms with van der Waals surface area (Å²) in [7, 11) is -3.43. The van der Waals surface area contributed by atoms with Crippen molar-refractivity contribution in [1.29, 1.82) is 0 Å². The van der Waals surface area contributed by atoms with Crippen LogP contribution >= 0.6 is 23.1 Å². The number of sulfonamides is 1. The molecule has 0 atom stereocenters. The number of nitrogens with one attached hydrogen (secondary N) is 3. The first-order chi connectivity index (χ1) is 13.0. The fraction of sp³-hybridized carbons (Fsp3) is 0.389. The van der Waals surface area contributed by atoms with Crippen molar-refractivity contribution in [2.24, 2.45) is 4.99 Å². The van der Waals surface area contributed by atoms with E-state index < -0.39 is 10.0 Å². The zero-order valence-electron chi connectivity index (χ0n) is 15.8. The fourth-order valence-corrected chi connectivity index (χ4v) is 5.11. The number of aliphatic imine (C=N–C) groups is 1. The summed E-state index contributed by atoms with van der Waals surface area (Å²) in [5.41, 5.74) is 2.40. The second kappa shape index (κ2) is 10.7. The third-order valence-electron chi connectivity index (χ3n) is 3.66. The maximum atomic E-state index is 12.1. The molecule has 0 amide bonds. The molecule has 1 aromatic heterocycles. The molecule has 0 saturated carbocycles. The smallest absolute Gasteiger partial charge is 0.250 e. The molecule has 0 fully saturated rings. The van der Waals surface area contributed by atoms with E-state index in [1.165, 1.54) is 27.4 Å². The Labute approximate surface area is 169 Å². The summed E-state index contributed by atoms with van der Waals surface area (Å²) in [5.74, 6) is 0.667. The number of guanidine groups is 1. The van der Waals surface area contributed by atoms with Gasteiger partial charge in [-0.25, -0.2) is 18.1 Å². The number of thioether (sulfide) groups is 1. The van der Waals surface area contributed by atoms with E-state index in [1.54, 1.807) is 29.3 Å². The molecular formula is C18H26N4O2S3. The quantitative estimate of drug-likeness (QED) is 0.249. The van der Waals surface area contributed by atoms with Gasteiger partial charge in [-0.1, -0.05) is 18.2 Å². The highest BCUT2D eigenvalue weighted by Crippen LogP contribution is 2.22. The molecule has 27 heavy (non-hydrogen) atoms. The van der Waals surface area contributed by atoms with Crippen LogP contribution in [0.1, 0.15) is 18.1 Å². The molecule has 1 heterocycles. The van der Waals surface area contributed by atoms with Crippen molar-refractivity contribution in [3.63, 3.8) is 0 Å². The van der Waals surface area contributed by atoms with Gasteiger partial charge in [0.25, 0.3) is 0 Å². The van der Waals surface area contributed by atoms with Crippen LogP contribution in [0, 0.1) is 6.92 Å². The molecule has 0 saturated heterocycles. The second-order valence-corrected chi connectivity index (χ2v) is 9.56. The van der Waals surface area contributed by atoms with Gasteiger partial charge in [0.05, 0.1) is 6.54 Å². The number of rotatable bonds is 9. The lowest BCUT2D eigenvalue weighted by Gasteiger charge is -2.12. The Morgan fingerprint density at radius 3 is 2.70 bits per heavy atom. The first-order valence-corrected chi connectivity index (χ1v) is 12.2. The summed E-state index contributed by atoms with van der Waals surface area (Å²) in [5, 5.41) is 8.10. The van der Waals surface area contributed by atoms with E-state index >= 15 is 0 Å². The summed E-state index contributed by atoms with van der Waals surface area (Å²) < 4.78 is 27.1. The number of hydrogen-bond donors (Lipinski definition) is 3. The van der Waals surface area contributed by atoms with Gasteiger partial charge in [-0.2, -0.15) is 0 Å². The molecule has 0 aliphatic heterocycles. The van der Waals surface area contributed by atoms with Crippen LogP contribution in [0.3, 0.4) is 0 Å². The van der Waals surface area contributed by atoms with Crippen LogP contribution in [0.25, 0.3) is 0 Å². The van der Waals surface area contributed by atoms with Gasteiger partial charge < -0.3 is 10.6 Å². The highest BCUT2D eigenvalue weighted by atomic mass is 32.2. The van der Waals surface area contributed by atoms with Crippen LogP contribution in [-0.4, -0.2) is 40.3 Å². The minimum atomic E-state index is -3.43. The molecule has 0 radical (unpaired) electrons. The second-order valence-electron chi connectivity index (χ2n) is 5.77. The minimum absolute atomic E-state index is 0.283. The van der Waals surface area contributed by atoms with Crippen LogP contribution in [-0.2, 0) is 16.6 Å². The van der Waals surface area contributed by atoms with Crippen LogP contribution in [0.5, 0.6) is 0 Å². The van der Waals surface area contributed by atoms with Crippen LogP contribution in [0.15, 0.2) is 49.8 Å². The first kappa shape index (κ1) is 21.7. The molecule has 3 N–H and O–H groups in total.